The Kier molecular flexibility index (Phi) is 10.2. The first kappa shape index (κ1) is 18.2. The van der Waals surface area contributed by atoms with Gasteiger partial charge < -0.3 is 5.32 Å². The molecule has 1 rings (SSSR count). The molecular weight excluding hydrogens is 326 g/mol. The molecule has 0 atom stereocenters. The number of halogens is 1. The van der Waals surface area contributed by atoms with E-state index >= 15 is 0 Å². The molecular formula is C18H28BrNO. The second-order valence-corrected chi connectivity index (χ2v) is 6.12. The van der Waals surface area contributed by atoms with Crippen LogP contribution >= 0.6 is 15.9 Å². The molecule has 1 amide bonds. The Bertz CT molecular complexity index is 389. The van der Waals surface area contributed by atoms with Crippen LogP contribution in [-0.2, 0) is 5.33 Å². The van der Waals surface area contributed by atoms with E-state index in [-0.39, 0.29) is 5.91 Å². The lowest BCUT2D eigenvalue weighted by Crippen LogP contribution is -2.24. The number of amides is 1. The van der Waals surface area contributed by atoms with Crippen molar-refractivity contribution in [2.24, 2.45) is 0 Å². The summed E-state index contributed by atoms with van der Waals surface area (Å²) >= 11 is 3.40. The van der Waals surface area contributed by atoms with Crippen LogP contribution in [0.1, 0.15) is 74.2 Å². The Labute approximate surface area is 137 Å². The number of rotatable bonds is 11. The van der Waals surface area contributed by atoms with E-state index in [0.29, 0.717) is 0 Å². The summed E-state index contributed by atoms with van der Waals surface area (Å²) in [5.41, 5.74) is 1.94. The lowest BCUT2D eigenvalue weighted by molar-refractivity contribution is 0.0953. The highest BCUT2D eigenvalue weighted by Crippen LogP contribution is 2.09. The third-order valence-corrected chi connectivity index (χ3v) is 4.33. The number of unbranched alkanes of at least 4 members (excludes halogenated alkanes) is 7. The second-order valence-electron chi connectivity index (χ2n) is 5.56. The van der Waals surface area contributed by atoms with Gasteiger partial charge in [0.25, 0.3) is 5.91 Å². The third kappa shape index (κ3) is 8.25. The van der Waals surface area contributed by atoms with Crippen molar-refractivity contribution in [2.75, 3.05) is 6.54 Å². The maximum absolute atomic E-state index is 11.9. The van der Waals surface area contributed by atoms with Gasteiger partial charge in [-0.25, -0.2) is 0 Å². The predicted molar refractivity (Wildman–Crippen MR) is 94.0 cm³/mol. The van der Waals surface area contributed by atoms with Crippen LogP contribution in [0.25, 0.3) is 0 Å². The summed E-state index contributed by atoms with van der Waals surface area (Å²) < 4.78 is 0. The second kappa shape index (κ2) is 11.8. The van der Waals surface area contributed by atoms with E-state index in [1.54, 1.807) is 0 Å². The molecule has 0 unspecified atom stereocenters. The van der Waals surface area contributed by atoms with Crippen molar-refractivity contribution in [1.29, 1.82) is 0 Å². The fourth-order valence-electron chi connectivity index (χ4n) is 2.31. The number of benzene rings is 1. The first-order valence-corrected chi connectivity index (χ1v) is 9.33. The molecule has 3 heteroatoms. The minimum atomic E-state index is 0.0408. The van der Waals surface area contributed by atoms with Crippen LogP contribution in [0, 0.1) is 0 Å². The third-order valence-electron chi connectivity index (χ3n) is 3.69. The van der Waals surface area contributed by atoms with Gasteiger partial charge in [0, 0.05) is 17.4 Å². The summed E-state index contributed by atoms with van der Waals surface area (Å²) in [4.78, 5) is 11.9. The monoisotopic (exact) mass is 353 g/mol. The van der Waals surface area contributed by atoms with Crippen LogP contribution in [0.2, 0.25) is 0 Å². The van der Waals surface area contributed by atoms with E-state index in [0.717, 1.165) is 23.9 Å². The maximum atomic E-state index is 11.9. The van der Waals surface area contributed by atoms with Crippen LogP contribution in [-0.4, -0.2) is 12.5 Å². The Morgan fingerprint density at radius 2 is 1.52 bits per heavy atom. The molecule has 1 aromatic rings. The summed E-state index contributed by atoms with van der Waals surface area (Å²) in [5, 5.41) is 3.82. The number of nitrogens with one attached hydrogen (secondary N) is 1. The SMILES string of the molecule is CCCCCCCCCCNC(=O)c1ccc(CBr)cc1. The van der Waals surface area contributed by atoms with Gasteiger partial charge in [0.2, 0.25) is 0 Å². The van der Waals surface area contributed by atoms with Gasteiger partial charge in [0.05, 0.1) is 0 Å². The van der Waals surface area contributed by atoms with E-state index in [1.165, 1.54) is 50.5 Å². The van der Waals surface area contributed by atoms with Crippen molar-refractivity contribution in [2.45, 2.75) is 63.6 Å². The number of carbonyl (C=O) groups is 1. The maximum Gasteiger partial charge on any atom is 0.251 e. The fourth-order valence-corrected chi connectivity index (χ4v) is 2.68. The molecule has 0 spiro atoms. The smallest absolute Gasteiger partial charge is 0.251 e. The molecule has 0 fully saturated rings. The Morgan fingerprint density at radius 3 is 2.10 bits per heavy atom. The lowest BCUT2D eigenvalue weighted by Gasteiger charge is -2.06. The normalized spacial score (nSPS) is 10.6. The van der Waals surface area contributed by atoms with Gasteiger partial charge in [-0.2, -0.15) is 0 Å². The molecule has 21 heavy (non-hydrogen) atoms. The molecule has 0 saturated heterocycles. The summed E-state index contributed by atoms with van der Waals surface area (Å²) in [6.45, 7) is 3.03. The molecule has 0 aromatic heterocycles. The Morgan fingerprint density at radius 1 is 0.952 bits per heavy atom. The van der Waals surface area contributed by atoms with E-state index < -0.39 is 0 Å². The Balaban J connectivity index is 2.05. The first-order chi connectivity index (χ1) is 10.3. The summed E-state index contributed by atoms with van der Waals surface area (Å²) in [7, 11) is 0. The van der Waals surface area contributed by atoms with Gasteiger partial charge in [-0.3, -0.25) is 4.79 Å². The molecule has 1 aromatic carbocycles. The molecule has 0 saturated carbocycles. The van der Waals surface area contributed by atoms with Gasteiger partial charge in [0.1, 0.15) is 0 Å². The molecule has 0 heterocycles. The van der Waals surface area contributed by atoms with E-state index in [4.69, 9.17) is 0 Å². The number of hydrogen-bond acceptors (Lipinski definition) is 1. The van der Waals surface area contributed by atoms with E-state index in [9.17, 15) is 4.79 Å². The summed E-state index contributed by atoms with van der Waals surface area (Å²) in [6.07, 6.45) is 10.3. The highest BCUT2D eigenvalue weighted by molar-refractivity contribution is 9.08. The van der Waals surface area contributed by atoms with Crippen molar-refractivity contribution in [3.63, 3.8) is 0 Å². The number of alkyl halides is 1. The molecule has 0 radical (unpaired) electrons. The van der Waals surface area contributed by atoms with Crippen molar-refractivity contribution in [3.8, 4) is 0 Å². The molecule has 0 aliphatic heterocycles. The zero-order chi connectivity index (χ0) is 15.3. The fraction of sp³-hybridized carbons (Fsp3) is 0.611. The standard InChI is InChI=1S/C18H28BrNO/c1-2-3-4-5-6-7-8-9-14-20-18(21)17-12-10-16(15-19)11-13-17/h10-13H,2-9,14-15H2,1H3,(H,20,21). The van der Waals surface area contributed by atoms with Crippen molar-refractivity contribution < 1.29 is 4.79 Å². The quantitative estimate of drug-likeness (QED) is 0.415. The van der Waals surface area contributed by atoms with Crippen molar-refractivity contribution >= 4 is 21.8 Å². The van der Waals surface area contributed by atoms with Gasteiger partial charge >= 0.3 is 0 Å². The molecule has 0 aliphatic rings. The van der Waals surface area contributed by atoms with Gasteiger partial charge in [0.15, 0.2) is 0 Å². The molecule has 0 bridgehead atoms. The topological polar surface area (TPSA) is 29.1 Å². The average Bonchev–Trinajstić information content (AvgIpc) is 2.53. The average molecular weight is 354 g/mol. The molecule has 1 N–H and O–H groups in total. The highest BCUT2D eigenvalue weighted by atomic mass is 79.9. The summed E-state index contributed by atoms with van der Waals surface area (Å²) in [6, 6.07) is 7.75. The zero-order valence-electron chi connectivity index (χ0n) is 13.2. The lowest BCUT2D eigenvalue weighted by atomic mass is 10.1. The van der Waals surface area contributed by atoms with Crippen molar-refractivity contribution in [3.05, 3.63) is 35.4 Å². The molecule has 0 aliphatic carbocycles. The van der Waals surface area contributed by atoms with Crippen LogP contribution in [0.3, 0.4) is 0 Å². The van der Waals surface area contributed by atoms with Gasteiger partial charge in [-0.05, 0) is 24.1 Å². The minimum Gasteiger partial charge on any atom is -0.352 e. The van der Waals surface area contributed by atoms with E-state index in [1.807, 2.05) is 24.3 Å². The highest BCUT2D eigenvalue weighted by Gasteiger charge is 2.04. The van der Waals surface area contributed by atoms with Crippen LogP contribution in [0.5, 0.6) is 0 Å². The van der Waals surface area contributed by atoms with Crippen LogP contribution < -0.4 is 5.32 Å². The predicted octanol–water partition coefficient (Wildman–Crippen LogP) is 5.45. The minimum absolute atomic E-state index is 0.0408. The van der Waals surface area contributed by atoms with Crippen LogP contribution in [0.4, 0.5) is 0 Å². The molecule has 118 valence electrons. The number of hydrogen-bond donors (Lipinski definition) is 1. The van der Waals surface area contributed by atoms with E-state index in [2.05, 4.69) is 28.2 Å². The molecule has 2 nitrogen and oxygen atoms in total. The summed E-state index contributed by atoms with van der Waals surface area (Å²) in [5.74, 6) is 0.0408. The van der Waals surface area contributed by atoms with Gasteiger partial charge in [-0.1, -0.05) is 79.9 Å². The van der Waals surface area contributed by atoms with Crippen LogP contribution in [0.15, 0.2) is 24.3 Å². The zero-order valence-corrected chi connectivity index (χ0v) is 14.8. The first-order valence-electron chi connectivity index (χ1n) is 8.21. The van der Waals surface area contributed by atoms with Crippen molar-refractivity contribution in [1.82, 2.24) is 5.32 Å². The van der Waals surface area contributed by atoms with Gasteiger partial charge in [-0.15, -0.1) is 0 Å². The number of carbonyl (C=O) groups excluding carboxylic acids is 1. The Hall–Kier alpha value is -0.830. The largest absolute Gasteiger partial charge is 0.352 e.